The van der Waals surface area contributed by atoms with E-state index < -0.39 is 24.7 Å². The van der Waals surface area contributed by atoms with Crippen molar-refractivity contribution in [1.82, 2.24) is 0 Å². The number of benzene rings is 1. The minimum atomic E-state index is -4.48. The average molecular weight is 399 g/mol. The number of nitrogens with two attached hydrogens (primary N) is 1. The molecule has 3 N–H and O–H groups in total. The van der Waals surface area contributed by atoms with Gasteiger partial charge in [-0.2, -0.15) is 13.2 Å². The molecule has 1 atom stereocenters. The summed E-state index contributed by atoms with van der Waals surface area (Å²) in [5, 5.41) is 2.61. The van der Waals surface area contributed by atoms with Gasteiger partial charge in [0.2, 0.25) is 5.91 Å². The van der Waals surface area contributed by atoms with E-state index >= 15 is 0 Å². The second kappa shape index (κ2) is 9.84. The number of nitrogens with one attached hydrogen (secondary N) is 1. The molecule has 1 amide bonds. The van der Waals surface area contributed by atoms with Gasteiger partial charge in [0.25, 0.3) is 0 Å². The van der Waals surface area contributed by atoms with Crippen LogP contribution in [0.5, 0.6) is 11.5 Å². The quantitative estimate of drug-likeness (QED) is 0.770. The Morgan fingerprint density at radius 3 is 2.58 bits per heavy atom. The Balaban J connectivity index is 0.00000338. The van der Waals surface area contributed by atoms with Gasteiger partial charge in [0.1, 0.15) is 0 Å². The first-order valence-electron chi connectivity index (χ1n) is 7.82. The molecular weight excluding hydrogens is 377 g/mol. The van der Waals surface area contributed by atoms with Crippen LogP contribution in [0.15, 0.2) is 18.2 Å². The largest absolute Gasteiger partial charge is 0.493 e. The van der Waals surface area contributed by atoms with E-state index in [-0.39, 0.29) is 35.5 Å². The van der Waals surface area contributed by atoms with Gasteiger partial charge in [-0.3, -0.25) is 4.79 Å². The summed E-state index contributed by atoms with van der Waals surface area (Å²) in [6.07, 6.45) is -3.09. The number of rotatable bonds is 6. The number of anilines is 1. The number of carbonyl (C=O) groups is 1. The number of carbonyl (C=O) groups excluding carboxylic acids is 1. The van der Waals surface area contributed by atoms with Crippen LogP contribution in [-0.4, -0.2) is 45.1 Å². The van der Waals surface area contributed by atoms with Gasteiger partial charge in [0.15, 0.2) is 18.1 Å². The van der Waals surface area contributed by atoms with E-state index in [9.17, 15) is 18.0 Å². The summed E-state index contributed by atoms with van der Waals surface area (Å²) in [5.74, 6) is -0.375. The Hall–Kier alpha value is -1.71. The number of hydrogen-bond donors (Lipinski definition) is 2. The van der Waals surface area contributed by atoms with E-state index in [0.29, 0.717) is 26.1 Å². The summed E-state index contributed by atoms with van der Waals surface area (Å²) >= 11 is 0. The highest BCUT2D eigenvalue weighted by molar-refractivity contribution is 5.95. The molecule has 6 nitrogen and oxygen atoms in total. The number of halogens is 4. The van der Waals surface area contributed by atoms with Gasteiger partial charge in [-0.25, -0.2) is 0 Å². The van der Waals surface area contributed by atoms with E-state index in [2.05, 4.69) is 5.32 Å². The minimum absolute atomic E-state index is 0. The van der Waals surface area contributed by atoms with Gasteiger partial charge in [0.05, 0.1) is 13.2 Å². The van der Waals surface area contributed by atoms with Crippen LogP contribution in [0.2, 0.25) is 0 Å². The summed E-state index contributed by atoms with van der Waals surface area (Å²) < 4.78 is 52.0. The first-order valence-corrected chi connectivity index (χ1v) is 7.82. The lowest BCUT2D eigenvalue weighted by atomic mass is 9.92. The molecule has 1 aromatic rings. The van der Waals surface area contributed by atoms with Crippen LogP contribution in [0.25, 0.3) is 0 Å². The zero-order valence-electron chi connectivity index (χ0n) is 14.2. The van der Waals surface area contributed by atoms with Gasteiger partial charge in [0, 0.05) is 25.0 Å². The Morgan fingerprint density at radius 1 is 1.35 bits per heavy atom. The Kier molecular flexibility index (Phi) is 8.45. The predicted octanol–water partition coefficient (Wildman–Crippen LogP) is 2.75. The van der Waals surface area contributed by atoms with E-state index in [1.54, 1.807) is 0 Å². The van der Waals surface area contributed by atoms with Crippen LogP contribution in [0.3, 0.4) is 0 Å². The normalized spacial score (nSPS) is 16.3. The number of alkyl halides is 3. The van der Waals surface area contributed by atoms with Crippen molar-refractivity contribution in [2.45, 2.75) is 25.1 Å². The van der Waals surface area contributed by atoms with Gasteiger partial charge < -0.3 is 25.3 Å². The van der Waals surface area contributed by atoms with Crippen LogP contribution in [-0.2, 0) is 9.53 Å². The van der Waals surface area contributed by atoms with Crippen molar-refractivity contribution in [2.24, 2.45) is 11.7 Å². The van der Waals surface area contributed by atoms with Gasteiger partial charge in [-0.1, -0.05) is 0 Å². The van der Waals surface area contributed by atoms with Crippen LogP contribution < -0.4 is 20.5 Å². The smallest absolute Gasteiger partial charge is 0.422 e. The van der Waals surface area contributed by atoms with Gasteiger partial charge in [-0.05, 0) is 30.9 Å². The number of hydrogen-bond acceptors (Lipinski definition) is 5. The zero-order chi connectivity index (χ0) is 18.4. The lowest BCUT2D eigenvalue weighted by Gasteiger charge is -2.26. The second-order valence-corrected chi connectivity index (χ2v) is 5.73. The third kappa shape index (κ3) is 6.54. The van der Waals surface area contributed by atoms with Crippen LogP contribution in [0.1, 0.15) is 12.8 Å². The highest BCUT2D eigenvalue weighted by atomic mass is 35.5. The maximum atomic E-state index is 12.3. The molecule has 1 aromatic carbocycles. The molecule has 0 saturated carbocycles. The fourth-order valence-corrected chi connectivity index (χ4v) is 2.54. The lowest BCUT2D eigenvalue weighted by molar-refractivity contribution is -0.153. The summed E-state index contributed by atoms with van der Waals surface area (Å²) in [6.45, 7) is -0.338. The first-order chi connectivity index (χ1) is 11.8. The molecule has 0 aromatic heterocycles. The van der Waals surface area contributed by atoms with Crippen molar-refractivity contribution in [3.05, 3.63) is 18.2 Å². The summed E-state index contributed by atoms with van der Waals surface area (Å²) in [6, 6.07) is 3.49. The molecule has 1 saturated heterocycles. The number of ether oxygens (including phenoxy) is 3. The monoisotopic (exact) mass is 398 g/mol. The van der Waals surface area contributed by atoms with Crippen molar-refractivity contribution in [3.8, 4) is 11.5 Å². The summed E-state index contributed by atoms with van der Waals surface area (Å²) in [5.41, 5.74) is 6.26. The Bertz CT molecular complexity index is 595. The molecule has 0 radical (unpaired) electrons. The molecule has 1 aliphatic rings. The van der Waals surface area contributed by atoms with Gasteiger partial charge in [-0.15, -0.1) is 12.4 Å². The fourth-order valence-electron chi connectivity index (χ4n) is 2.54. The van der Waals surface area contributed by atoms with Crippen LogP contribution in [0, 0.1) is 5.92 Å². The molecule has 1 heterocycles. The molecule has 0 aliphatic carbocycles. The van der Waals surface area contributed by atoms with E-state index in [4.69, 9.17) is 19.9 Å². The summed E-state index contributed by atoms with van der Waals surface area (Å²) in [4.78, 5) is 12.3. The second-order valence-electron chi connectivity index (χ2n) is 5.73. The first kappa shape index (κ1) is 22.3. The highest BCUT2D eigenvalue weighted by Crippen LogP contribution is 2.32. The minimum Gasteiger partial charge on any atom is -0.493 e. The van der Waals surface area contributed by atoms with E-state index in [1.165, 1.54) is 25.3 Å². The molecule has 2 rings (SSSR count). The molecule has 1 fully saturated rings. The molecule has 10 heteroatoms. The zero-order valence-corrected chi connectivity index (χ0v) is 15.0. The summed E-state index contributed by atoms with van der Waals surface area (Å²) in [7, 11) is 1.31. The van der Waals surface area contributed by atoms with Crippen molar-refractivity contribution >= 4 is 24.0 Å². The average Bonchev–Trinajstić information content (AvgIpc) is 2.59. The van der Waals surface area contributed by atoms with Crippen LogP contribution >= 0.6 is 12.4 Å². The molecule has 1 unspecified atom stereocenters. The lowest BCUT2D eigenvalue weighted by Crippen LogP contribution is -2.44. The third-order valence-electron chi connectivity index (χ3n) is 3.90. The van der Waals surface area contributed by atoms with E-state index in [0.717, 1.165) is 0 Å². The molecule has 0 bridgehead atoms. The maximum Gasteiger partial charge on any atom is 0.422 e. The predicted molar refractivity (Wildman–Crippen MR) is 91.9 cm³/mol. The number of amides is 1. The fraction of sp³-hybridized carbons (Fsp3) is 0.562. The van der Waals surface area contributed by atoms with Crippen LogP contribution in [0.4, 0.5) is 18.9 Å². The number of methoxy groups -OCH3 is 1. The van der Waals surface area contributed by atoms with Crippen molar-refractivity contribution in [2.75, 3.05) is 32.2 Å². The SMILES string of the molecule is COc1ccc(NC(=O)C(N)C2CCOCC2)cc1OCC(F)(F)F.Cl. The topological polar surface area (TPSA) is 82.8 Å². The van der Waals surface area contributed by atoms with Crippen molar-refractivity contribution in [1.29, 1.82) is 0 Å². The van der Waals surface area contributed by atoms with E-state index in [1.807, 2.05) is 0 Å². The highest BCUT2D eigenvalue weighted by Gasteiger charge is 2.29. The standard InChI is InChI=1S/C16H21F3N2O4.ClH/c1-23-12-3-2-11(8-13(12)25-9-16(17,18)19)21-15(22)14(20)10-4-6-24-7-5-10;/h2-3,8,10,14H,4-7,9,20H2,1H3,(H,21,22);1H. The maximum absolute atomic E-state index is 12.3. The van der Waals surface area contributed by atoms with Gasteiger partial charge >= 0.3 is 6.18 Å². The molecular formula is C16H22ClF3N2O4. The molecule has 148 valence electrons. The van der Waals surface area contributed by atoms with Crippen molar-refractivity contribution in [3.63, 3.8) is 0 Å². The third-order valence-corrected chi connectivity index (χ3v) is 3.90. The molecule has 26 heavy (non-hydrogen) atoms. The Morgan fingerprint density at radius 2 is 2.00 bits per heavy atom. The molecule has 0 spiro atoms. The van der Waals surface area contributed by atoms with Crippen molar-refractivity contribution < 1.29 is 32.2 Å². The Labute approximate surface area is 155 Å². The molecule has 1 aliphatic heterocycles.